The van der Waals surface area contributed by atoms with Crippen LogP contribution in [0.25, 0.3) is 0 Å². The lowest BCUT2D eigenvalue weighted by atomic mass is 10.1. The number of para-hydroxylation sites is 1. The van der Waals surface area contributed by atoms with Crippen LogP contribution in [0.3, 0.4) is 0 Å². The van der Waals surface area contributed by atoms with Crippen molar-refractivity contribution in [3.63, 3.8) is 0 Å². The Morgan fingerprint density at radius 1 is 0.853 bits per heavy atom. The van der Waals surface area contributed by atoms with E-state index in [9.17, 15) is 18.7 Å². The van der Waals surface area contributed by atoms with Gasteiger partial charge in [-0.3, -0.25) is 36.7 Å². The molecule has 0 aliphatic rings. The maximum absolute atomic E-state index is 12.9. The number of phosphoric ester groups is 2. The van der Waals surface area contributed by atoms with Gasteiger partial charge in [0.25, 0.3) is 5.91 Å². The molecule has 0 saturated heterocycles. The first-order valence-electron chi connectivity index (χ1n) is 10.9. The molecule has 194 valence electrons. The molecule has 0 fully saturated rings. The van der Waals surface area contributed by atoms with Gasteiger partial charge in [0.2, 0.25) is 5.91 Å². The predicted molar refractivity (Wildman–Crippen MR) is 126 cm³/mol. The summed E-state index contributed by atoms with van der Waals surface area (Å²) in [7, 11) is -7.92. The zero-order chi connectivity index (χ0) is 25.6. The van der Waals surface area contributed by atoms with E-state index in [1.54, 1.807) is 45.9 Å². The van der Waals surface area contributed by atoms with Gasteiger partial charge in [-0.1, -0.05) is 12.1 Å². The van der Waals surface area contributed by atoms with Crippen molar-refractivity contribution in [3.05, 3.63) is 29.8 Å². The largest absolute Gasteiger partial charge is 0.475 e. The van der Waals surface area contributed by atoms with Crippen molar-refractivity contribution >= 4 is 33.1 Å². The Morgan fingerprint density at radius 3 is 1.91 bits per heavy atom. The van der Waals surface area contributed by atoms with Crippen LogP contribution in [0.15, 0.2) is 24.3 Å². The van der Waals surface area contributed by atoms with Crippen LogP contribution in [-0.4, -0.2) is 57.5 Å². The highest BCUT2D eigenvalue weighted by Gasteiger charge is 2.34. The summed E-state index contributed by atoms with van der Waals surface area (Å²) in [4.78, 5) is 24.2. The minimum absolute atomic E-state index is 0.0394. The van der Waals surface area contributed by atoms with E-state index >= 15 is 0 Å². The highest BCUT2D eigenvalue weighted by atomic mass is 31.2. The van der Waals surface area contributed by atoms with Crippen LogP contribution in [0.1, 0.15) is 45.0 Å². The summed E-state index contributed by atoms with van der Waals surface area (Å²) in [6, 6.07) is 6.40. The molecule has 1 unspecified atom stereocenters. The number of benzene rings is 1. The lowest BCUT2D eigenvalue weighted by Crippen LogP contribution is -2.36. The van der Waals surface area contributed by atoms with E-state index in [1.807, 2.05) is 0 Å². The number of phosphoric acid groups is 2. The molecule has 0 aliphatic carbocycles. The Morgan fingerprint density at radius 2 is 1.38 bits per heavy atom. The molecule has 0 aromatic heterocycles. The predicted octanol–water partition coefficient (Wildman–Crippen LogP) is 4.14. The normalized spacial score (nSPS) is 12.9. The average Bonchev–Trinajstić information content (AvgIpc) is 2.76. The van der Waals surface area contributed by atoms with Crippen molar-refractivity contribution < 1.29 is 45.9 Å². The molecule has 12 nitrogen and oxygen atoms in total. The van der Waals surface area contributed by atoms with Crippen molar-refractivity contribution in [2.45, 2.75) is 40.7 Å². The molecule has 0 spiro atoms. The average molecular weight is 524 g/mol. The van der Waals surface area contributed by atoms with Crippen LogP contribution in [0, 0.1) is 0 Å². The van der Waals surface area contributed by atoms with E-state index in [-0.39, 0.29) is 44.4 Å². The van der Waals surface area contributed by atoms with Crippen molar-refractivity contribution in [2.24, 2.45) is 0 Å². The van der Waals surface area contributed by atoms with E-state index in [4.69, 9.17) is 27.1 Å². The van der Waals surface area contributed by atoms with Crippen LogP contribution in [-0.2, 0) is 41.1 Å². The molecule has 1 rings (SSSR count). The molecule has 0 heterocycles. The standard InChI is InChI=1S/C20H34N2O10P2/c1-6-27-33(25,28-7-2)31-15-17(32-34(26,29-8-3)30-9-4)14-21-20(24)18-12-10-11-13-19(18)22-16(5)23/h10-13,17H,6-9,14-15H2,1-5H3,(H,21,24)(H,22,23). The number of anilines is 1. The van der Waals surface area contributed by atoms with Crippen LogP contribution in [0.4, 0.5) is 5.69 Å². The van der Waals surface area contributed by atoms with Gasteiger partial charge in [-0.2, -0.15) is 0 Å². The topological polar surface area (TPSA) is 148 Å². The molecular formula is C20H34N2O10P2. The number of carbonyl (C=O) groups excluding carboxylic acids is 2. The number of nitrogens with one attached hydrogen (secondary N) is 2. The lowest BCUT2D eigenvalue weighted by molar-refractivity contribution is -0.114. The van der Waals surface area contributed by atoms with Crippen molar-refractivity contribution in [3.8, 4) is 0 Å². The van der Waals surface area contributed by atoms with Crippen molar-refractivity contribution in [1.82, 2.24) is 5.32 Å². The molecule has 2 N–H and O–H groups in total. The summed E-state index contributed by atoms with van der Waals surface area (Å²) in [6.45, 7) is 7.34. The fourth-order valence-corrected chi connectivity index (χ4v) is 5.14. The second-order valence-corrected chi connectivity index (χ2v) is 9.82. The minimum atomic E-state index is -4.01. The summed E-state index contributed by atoms with van der Waals surface area (Å²) in [5.41, 5.74) is 0.511. The number of amides is 2. The maximum Gasteiger partial charge on any atom is 0.475 e. The first-order chi connectivity index (χ1) is 16.1. The number of hydrogen-bond acceptors (Lipinski definition) is 10. The number of hydrogen-bond donors (Lipinski definition) is 2. The van der Waals surface area contributed by atoms with Crippen molar-refractivity contribution in [2.75, 3.05) is 44.9 Å². The van der Waals surface area contributed by atoms with E-state index in [2.05, 4.69) is 10.6 Å². The smallest absolute Gasteiger partial charge is 0.349 e. The molecule has 2 amide bonds. The molecule has 0 bridgehead atoms. The molecule has 1 atom stereocenters. The zero-order valence-electron chi connectivity index (χ0n) is 20.1. The molecule has 0 radical (unpaired) electrons. The van der Waals surface area contributed by atoms with E-state index in [0.717, 1.165) is 0 Å². The highest BCUT2D eigenvalue weighted by Crippen LogP contribution is 2.52. The van der Waals surface area contributed by atoms with Gasteiger partial charge in [0.05, 0.1) is 44.3 Å². The second kappa shape index (κ2) is 15.4. The molecule has 0 saturated carbocycles. The Balaban J connectivity index is 3.04. The third-order valence-corrected chi connectivity index (χ3v) is 7.14. The van der Waals surface area contributed by atoms with Gasteiger partial charge >= 0.3 is 15.6 Å². The summed E-state index contributed by atoms with van der Waals surface area (Å²) in [5, 5.41) is 5.20. The fraction of sp³-hybridized carbons (Fsp3) is 0.600. The van der Waals surface area contributed by atoms with Gasteiger partial charge in [-0.05, 0) is 39.8 Å². The summed E-state index contributed by atoms with van der Waals surface area (Å²) in [5.74, 6) is -0.884. The van der Waals surface area contributed by atoms with E-state index < -0.39 is 34.3 Å². The maximum atomic E-state index is 12.9. The van der Waals surface area contributed by atoms with E-state index in [1.165, 1.54) is 13.0 Å². The van der Waals surface area contributed by atoms with Crippen LogP contribution in [0.5, 0.6) is 0 Å². The van der Waals surface area contributed by atoms with Gasteiger partial charge in [0.1, 0.15) is 6.10 Å². The third-order valence-electron chi connectivity index (χ3n) is 3.82. The Bertz CT molecular complexity index is 863. The molecule has 14 heteroatoms. The van der Waals surface area contributed by atoms with Gasteiger partial charge in [0, 0.05) is 13.5 Å². The fourth-order valence-electron chi connectivity index (χ4n) is 2.61. The van der Waals surface area contributed by atoms with Crippen LogP contribution >= 0.6 is 15.6 Å². The second-order valence-electron chi connectivity index (χ2n) is 6.53. The monoisotopic (exact) mass is 524 g/mol. The summed E-state index contributed by atoms with van der Waals surface area (Å²) >= 11 is 0. The van der Waals surface area contributed by atoms with Crippen molar-refractivity contribution in [1.29, 1.82) is 0 Å². The van der Waals surface area contributed by atoms with Gasteiger partial charge in [-0.25, -0.2) is 9.13 Å². The Labute approximate surface area is 200 Å². The Hall–Kier alpha value is -1.62. The molecule has 0 aliphatic heterocycles. The minimum Gasteiger partial charge on any atom is -0.349 e. The highest BCUT2D eigenvalue weighted by molar-refractivity contribution is 7.48. The number of rotatable bonds is 17. The Kier molecular flexibility index (Phi) is 13.8. The zero-order valence-corrected chi connectivity index (χ0v) is 21.9. The van der Waals surface area contributed by atoms with Crippen LogP contribution in [0.2, 0.25) is 0 Å². The first-order valence-corrected chi connectivity index (χ1v) is 13.8. The summed E-state index contributed by atoms with van der Waals surface area (Å²) in [6.07, 6.45) is -1.12. The number of carbonyl (C=O) groups is 2. The van der Waals surface area contributed by atoms with Gasteiger partial charge in [-0.15, -0.1) is 0 Å². The molecule has 1 aromatic carbocycles. The van der Waals surface area contributed by atoms with E-state index in [0.29, 0.717) is 5.69 Å². The summed E-state index contributed by atoms with van der Waals surface area (Å²) < 4.78 is 56.9. The van der Waals surface area contributed by atoms with Gasteiger partial charge < -0.3 is 10.6 Å². The molecule has 34 heavy (non-hydrogen) atoms. The third kappa shape index (κ3) is 10.8. The molecular weight excluding hydrogens is 490 g/mol. The SMILES string of the molecule is CCOP(=O)(OCC)OCC(CNC(=O)c1ccccc1NC(C)=O)OP(=O)(OCC)OCC. The quantitative estimate of drug-likeness (QED) is 0.285. The lowest BCUT2D eigenvalue weighted by Gasteiger charge is -2.25. The first kappa shape index (κ1) is 30.4. The molecule has 1 aromatic rings. The van der Waals surface area contributed by atoms with Crippen LogP contribution < -0.4 is 10.6 Å². The van der Waals surface area contributed by atoms with Gasteiger partial charge in [0.15, 0.2) is 0 Å².